The van der Waals surface area contributed by atoms with Gasteiger partial charge in [0.2, 0.25) is 15.9 Å². The maximum absolute atomic E-state index is 13.2. The number of halogens is 4. The predicted molar refractivity (Wildman–Crippen MR) is 118 cm³/mol. The topological polar surface area (TPSA) is 107 Å². The third-order valence-electron chi connectivity index (χ3n) is 4.94. The number of nitrogens with zero attached hydrogens (tertiary/aromatic N) is 2. The number of amides is 1. The van der Waals surface area contributed by atoms with Crippen LogP contribution in [0.25, 0.3) is 0 Å². The summed E-state index contributed by atoms with van der Waals surface area (Å²) in [6, 6.07) is 13.8. The first kappa shape index (κ1) is 28.2. The van der Waals surface area contributed by atoms with E-state index in [1.165, 1.54) is 28.6 Å². The summed E-state index contributed by atoms with van der Waals surface area (Å²) in [5.41, 5.74) is 0.663. The number of hydrogen-bond acceptors (Lipinski definition) is 5. The number of aliphatic carboxylic acids is 1. The van der Waals surface area contributed by atoms with E-state index in [0.29, 0.717) is 18.7 Å². The Morgan fingerprint density at radius 3 is 2.06 bits per heavy atom. The number of alkyl halides is 3. The van der Waals surface area contributed by atoms with Crippen LogP contribution in [-0.2, 0) is 26.2 Å². The van der Waals surface area contributed by atoms with E-state index >= 15 is 0 Å². The molecule has 0 bridgehead atoms. The first-order valence-corrected chi connectivity index (χ1v) is 11.9. The summed E-state index contributed by atoms with van der Waals surface area (Å²) in [5, 5.41) is 10.3. The maximum Gasteiger partial charge on any atom is 0.490 e. The quantitative estimate of drug-likeness (QED) is 0.545. The van der Waals surface area contributed by atoms with E-state index in [-0.39, 0.29) is 36.1 Å². The fourth-order valence-electron chi connectivity index (χ4n) is 3.11. The molecule has 2 aromatic rings. The van der Waals surface area contributed by atoms with Crippen LogP contribution in [0.1, 0.15) is 12.0 Å². The maximum atomic E-state index is 13.2. The highest BCUT2D eigenvalue weighted by Crippen LogP contribution is 2.19. The zero-order chi connectivity index (χ0) is 26.1. The van der Waals surface area contributed by atoms with E-state index in [2.05, 4.69) is 5.32 Å². The first-order chi connectivity index (χ1) is 16.4. The summed E-state index contributed by atoms with van der Waals surface area (Å²) in [6.07, 6.45) is -4.98. The molecule has 3 rings (SSSR count). The summed E-state index contributed by atoms with van der Waals surface area (Å²) in [6.45, 7) is 2.88. The van der Waals surface area contributed by atoms with E-state index in [4.69, 9.17) is 9.90 Å². The molecule has 1 amide bonds. The number of piperazine rings is 1. The SMILES string of the molecule is O=C(CCN(Cc1ccc(F)cc1)S(=O)(=O)c1ccccc1)N1CCNCC1.O=C(O)C(F)(F)F. The summed E-state index contributed by atoms with van der Waals surface area (Å²) >= 11 is 0. The van der Waals surface area contributed by atoms with E-state index in [9.17, 15) is 30.8 Å². The van der Waals surface area contributed by atoms with Crippen molar-refractivity contribution in [3.63, 3.8) is 0 Å². The largest absolute Gasteiger partial charge is 0.490 e. The molecule has 35 heavy (non-hydrogen) atoms. The number of benzene rings is 2. The Hall–Kier alpha value is -3.03. The molecule has 1 aliphatic heterocycles. The second-order valence-corrected chi connectivity index (χ2v) is 9.40. The van der Waals surface area contributed by atoms with Gasteiger partial charge >= 0.3 is 12.1 Å². The van der Waals surface area contributed by atoms with Crippen molar-refractivity contribution < 1.29 is 40.7 Å². The van der Waals surface area contributed by atoms with Crippen molar-refractivity contribution in [2.24, 2.45) is 0 Å². The van der Waals surface area contributed by atoms with Crippen molar-refractivity contribution >= 4 is 21.9 Å². The van der Waals surface area contributed by atoms with Gasteiger partial charge in [0.15, 0.2) is 0 Å². The van der Waals surface area contributed by atoms with Crippen molar-refractivity contribution in [1.82, 2.24) is 14.5 Å². The molecule has 1 heterocycles. The molecule has 0 aromatic heterocycles. The molecule has 0 spiro atoms. The van der Waals surface area contributed by atoms with Crippen molar-refractivity contribution in [3.05, 3.63) is 66.0 Å². The number of carboxylic acids is 1. The van der Waals surface area contributed by atoms with Crippen LogP contribution in [0.3, 0.4) is 0 Å². The Labute approximate surface area is 200 Å². The number of rotatable bonds is 7. The summed E-state index contributed by atoms with van der Waals surface area (Å²) in [5.74, 6) is -3.20. The minimum atomic E-state index is -5.08. The van der Waals surface area contributed by atoms with Gasteiger partial charge in [-0.2, -0.15) is 17.5 Å². The van der Waals surface area contributed by atoms with Gasteiger partial charge in [0.25, 0.3) is 0 Å². The minimum absolute atomic E-state index is 0.0612. The Kier molecular flexibility index (Phi) is 10.2. The zero-order valence-electron chi connectivity index (χ0n) is 18.5. The molecule has 2 aromatic carbocycles. The average molecular weight is 520 g/mol. The second kappa shape index (κ2) is 12.6. The molecule has 8 nitrogen and oxygen atoms in total. The smallest absolute Gasteiger partial charge is 0.475 e. The second-order valence-electron chi connectivity index (χ2n) is 7.46. The lowest BCUT2D eigenvalue weighted by Crippen LogP contribution is -2.47. The molecular weight excluding hydrogens is 494 g/mol. The number of nitrogens with one attached hydrogen (secondary N) is 1. The number of carboxylic acid groups (broad SMARTS) is 1. The Balaban J connectivity index is 0.000000540. The lowest BCUT2D eigenvalue weighted by atomic mass is 10.2. The van der Waals surface area contributed by atoms with Crippen LogP contribution in [0, 0.1) is 5.82 Å². The van der Waals surface area contributed by atoms with Crippen molar-refractivity contribution in [2.45, 2.75) is 24.0 Å². The van der Waals surface area contributed by atoms with Crippen LogP contribution in [0.2, 0.25) is 0 Å². The summed E-state index contributed by atoms with van der Waals surface area (Å²) < 4.78 is 72.4. The van der Waals surface area contributed by atoms with Crippen molar-refractivity contribution in [2.75, 3.05) is 32.7 Å². The third kappa shape index (κ3) is 8.92. The molecule has 1 aliphatic rings. The number of sulfonamides is 1. The van der Waals surface area contributed by atoms with Crippen LogP contribution in [0.15, 0.2) is 59.5 Å². The zero-order valence-corrected chi connectivity index (χ0v) is 19.4. The minimum Gasteiger partial charge on any atom is -0.475 e. The van der Waals surface area contributed by atoms with E-state index < -0.39 is 22.2 Å². The molecule has 0 aliphatic carbocycles. The highest BCUT2D eigenvalue weighted by Gasteiger charge is 2.38. The lowest BCUT2D eigenvalue weighted by molar-refractivity contribution is -0.192. The number of hydrogen-bond donors (Lipinski definition) is 2. The molecule has 0 atom stereocenters. The van der Waals surface area contributed by atoms with Gasteiger partial charge in [-0.1, -0.05) is 30.3 Å². The predicted octanol–water partition coefficient (Wildman–Crippen LogP) is 2.47. The van der Waals surface area contributed by atoms with Gasteiger partial charge in [-0.15, -0.1) is 0 Å². The molecule has 2 N–H and O–H groups in total. The molecule has 1 fully saturated rings. The van der Waals surface area contributed by atoms with Gasteiger partial charge in [0.1, 0.15) is 5.82 Å². The molecule has 0 saturated carbocycles. The normalized spacial score (nSPS) is 14.3. The van der Waals surface area contributed by atoms with Crippen LogP contribution in [-0.4, -0.2) is 73.5 Å². The summed E-state index contributed by atoms with van der Waals surface area (Å²) in [4.78, 5) is 23.3. The lowest BCUT2D eigenvalue weighted by Gasteiger charge is -2.29. The van der Waals surface area contributed by atoms with E-state index in [0.717, 1.165) is 13.1 Å². The fourth-order valence-corrected chi connectivity index (χ4v) is 4.56. The highest BCUT2D eigenvalue weighted by atomic mass is 32.2. The monoisotopic (exact) mass is 519 g/mol. The third-order valence-corrected chi connectivity index (χ3v) is 6.80. The van der Waals surface area contributed by atoms with Crippen LogP contribution in [0.5, 0.6) is 0 Å². The van der Waals surface area contributed by atoms with E-state index in [1.807, 2.05) is 0 Å². The van der Waals surface area contributed by atoms with Gasteiger partial charge in [0.05, 0.1) is 4.90 Å². The molecule has 192 valence electrons. The van der Waals surface area contributed by atoms with Crippen LogP contribution in [0.4, 0.5) is 17.6 Å². The molecule has 1 saturated heterocycles. The molecule has 13 heteroatoms. The average Bonchev–Trinajstić information content (AvgIpc) is 2.83. The summed E-state index contributed by atoms with van der Waals surface area (Å²) in [7, 11) is -3.78. The molecule has 0 unspecified atom stereocenters. The van der Waals surface area contributed by atoms with Crippen molar-refractivity contribution in [3.8, 4) is 0 Å². The van der Waals surface area contributed by atoms with Gasteiger partial charge in [-0.25, -0.2) is 17.6 Å². The highest BCUT2D eigenvalue weighted by molar-refractivity contribution is 7.89. The van der Waals surface area contributed by atoms with Gasteiger partial charge in [0, 0.05) is 45.7 Å². The number of carbonyl (C=O) groups excluding carboxylic acids is 1. The van der Waals surface area contributed by atoms with Gasteiger partial charge in [-0.05, 0) is 29.8 Å². The Morgan fingerprint density at radius 2 is 1.54 bits per heavy atom. The van der Waals surface area contributed by atoms with Crippen LogP contribution >= 0.6 is 0 Å². The molecular formula is C22H25F4N3O5S. The fraction of sp³-hybridized carbons (Fsp3) is 0.364. The standard InChI is InChI=1S/C20H24FN3O3S.C2HF3O2/c21-18-8-6-17(7-9-18)16-24(28(26,27)19-4-2-1-3-5-19)13-10-20(25)23-14-11-22-12-15-23;3-2(4,5)1(6)7/h1-9,22H,10-16H2;(H,6,7). The number of carbonyl (C=O) groups is 2. The van der Waals surface area contributed by atoms with E-state index in [1.54, 1.807) is 35.2 Å². The van der Waals surface area contributed by atoms with Gasteiger partial charge < -0.3 is 15.3 Å². The first-order valence-electron chi connectivity index (χ1n) is 10.5. The van der Waals surface area contributed by atoms with Gasteiger partial charge in [-0.3, -0.25) is 4.79 Å². The molecule has 0 radical (unpaired) electrons. The Morgan fingerprint density at radius 1 is 1.00 bits per heavy atom. The Bertz CT molecular complexity index is 1070. The van der Waals surface area contributed by atoms with Crippen molar-refractivity contribution in [1.29, 1.82) is 0 Å². The van der Waals surface area contributed by atoms with Crippen LogP contribution < -0.4 is 5.32 Å².